The smallest absolute Gasteiger partial charge is 0.104 e. The summed E-state index contributed by atoms with van der Waals surface area (Å²) in [6, 6.07) is 0. The summed E-state index contributed by atoms with van der Waals surface area (Å²) in [5.74, 6) is 0.383. The molecule has 0 radical (unpaired) electrons. The Labute approximate surface area is 54.4 Å². The van der Waals surface area contributed by atoms with Gasteiger partial charge in [0.2, 0.25) is 0 Å². The van der Waals surface area contributed by atoms with E-state index in [2.05, 4.69) is 0 Å². The molecule has 3 rings (SSSR count). The monoisotopic (exact) mass is 129 g/mol. The third-order valence-electron chi connectivity index (χ3n) is 2.96. The molecule has 3 aliphatic rings. The van der Waals surface area contributed by atoms with E-state index < -0.39 is 6.17 Å². The van der Waals surface area contributed by atoms with Gasteiger partial charge in [0.15, 0.2) is 0 Å². The Kier molecular flexibility index (Phi) is 0.933. The van der Waals surface area contributed by atoms with Crippen molar-refractivity contribution in [3.8, 4) is 0 Å². The van der Waals surface area contributed by atoms with Gasteiger partial charge in [-0.1, -0.05) is 0 Å². The second kappa shape index (κ2) is 1.48. The fourth-order valence-corrected chi connectivity index (χ4v) is 2.31. The molecule has 0 saturated heterocycles. The summed E-state index contributed by atoms with van der Waals surface area (Å²) in [6.45, 7) is 0.698. The quantitative estimate of drug-likeness (QED) is 0.563. The Morgan fingerprint density at radius 3 is 2.33 bits per heavy atom. The van der Waals surface area contributed by atoms with Crippen molar-refractivity contribution < 1.29 is 4.39 Å². The average molecular weight is 129 g/mol. The van der Waals surface area contributed by atoms with Gasteiger partial charge in [0.05, 0.1) is 0 Å². The van der Waals surface area contributed by atoms with Crippen molar-refractivity contribution in [3.05, 3.63) is 0 Å². The lowest BCUT2D eigenvalue weighted by molar-refractivity contribution is 0.142. The van der Waals surface area contributed by atoms with Crippen molar-refractivity contribution in [2.75, 3.05) is 6.54 Å². The van der Waals surface area contributed by atoms with Crippen molar-refractivity contribution in [3.63, 3.8) is 0 Å². The minimum atomic E-state index is -0.520. The zero-order valence-corrected chi connectivity index (χ0v) is 5.44. The molecule has 0 aromatic carbocycles. The van der Waals surface area contributed by atoms with Crippen LogP contribution in [0, 0.1) is 11.3 Å². The van der Waals surface area contributed by atoms with Crippen LogP contribution < -0.4 is 5.73 Å². The molecule has 2 N–H and O–H groups in total. The van der Waals surface area contributed by atoms with Gasteiger partial charge in [0, 0.05) is 0 Å². The molecular formula is C7H12FN. The van der Waals surface area contributed by atoms with Crippen molar-refractivity contribution in [2.24, 2.45) is 17.1 Å². The van der Waals surface area contributed by atoms with Crippen LogP contribution in [0.2, 0.25) is 0 Å². The highest BCUT2D eigenvalue weighted by molar-refractivity contribution is 5.06. The zero-order valence-electron chi connectivity index (χ0n) is 5.44. The summed E-state index contributed by atoms with van der Waals surface area (Å²) in [4.78, 5) is 0. The molecule has 3 aliphatic carbocycles. The number of fused-ring (bicyclic) bond motifs is 1. The van der Waals surface area contributed by atoms with Crippen molar-refractivity contribution in [1.29, 1.82) is 0 Å². The van der Waals surface area contributed by atoms with Gasteiger partial charge in [-0.15, -0.1) is 0 Å². The van der Waals surface area contributed by atoms with Crippen LogP contribution in [0.3, 0.4) is 0 Å². The van der Waals surface area contributed by atoms with Gasteiger partial charge >= 0.3 is 0 Å². The maximum absolute atomic E-state index is 12.7. The number of hydrogen-bond donors (Lipinski definition) is 1. The second-order valence-corrected chi connectivity index (χ2v) is 3.59. The van der Waals surface area contributed by atoms with Gasteiger partial charge in [0.1, 0.15) is 6.17 Å². The van der Waals surface area contributed by atoms with E-state index >= 15 is 0 Å². The van der Waals surface area contributed by atoms with Gasteiger partial charge < -0.3 is 5.73 Å². The van der Waals surface area contributed by atoms with E-state index in [0.717, 1.165) is 19.3 Å². The lowest BCUT2D eigenvalue weighted by atomic mass is 9.70. The maximum Gasteiger partial charge on any atom is 0.104 e. The van der Waals surface area contributed by atoms with E-state index in [9.17, 15) is 4.39 Å². The molecule has 0 aliphatic heterocycles. The molecule has 9 heavy (non-hydrogen) atoms. The first-order valence-corrected chi connectivity index (χ1v) is 3.60. The predicted molar refractivity (Wildman–Crippen MR) is 33.7 cm³/mol. The standard InChI is InChI=1S/C7H12FN/c8-6-3-7(4-9)1-5(6)2-7/h5-6H,1-4,9H2/t5?,6-,7?/m1/s1. The van der Waals surface area contributed by atoms with Gasteiger partial charge in [0.25, 0.3) is 0 Å². The van der Waals surface area contributed by atoms with E-state index in [1.54, 1.807) is 0 Å². The largest absolute Gasteiger partial charge is 0.330 e. The Bertz CT molecular complexity index is 129. The molecule has 1 atom stereocenters. The number of rotatable bonds is 1. The molecule has 0 aromatic rings. The summed E-state index contributed by atoms with van der Waals surface area (Å²) >= 11 is 0. The minimum absolute atomic E-state index is 0.254. The third kappa shape index (κ3) is 0.571. The molecule has 0 amide bonds. The minimum Gasteiger partial charge on any atom is -0.330 e. The average Bonchev–Trinajstić information content (AvgIpc) is 2.18. The van der Waals surface area contributed by atoms with Gasteiger partial charge in [-0.3, -0.25) is 0 Å². The molecule has 3 fully saturated rings. The topological polar surface area (TPSA) is 26.0 Å². The molecule has 3 saturated carbocycles. The highest BCUT2D eigenvalue weighted by Gasteiger charge is 2.55. The number of alkyl halides is 1. The molecule has 52 valence electrons. The van der Waals surface area contributed by atoms with Crippen LogP contribution in [0.5, 0.6) is 0 Å². The summed E-state index contributed by atoms with van der Waals surface area (Å²) in [5, 5.41) is 0. The van der Waals surface area contributed by atoms with Gasteiger partial charge in [-0.05, 0) is 37.1 Å². The first kappa shape index (κ1) is 5.66. The first-order valence-electron chi connectivity index (χ1n) is 3.60. The number of hydrogen-bond acceptors (Lipinski definition) is 1. The normalized spacial score (nSPS) is 55.3. The van der Waals surface area contributed by atoms with E-state index in [4.69, 9.17) is 5.73 Å². The summed E-state index contributed by atoms with van der Waals surface area (Å²) in [6.07, 6.45) is 2.34. The van der Waals surface area contributed by atoms with Crippen molar-refractivity contribution in [1.82, 2.24) is 0 Å². The summed E-state index contributed by atoms with van der Waals surface area (Å²) in [5.41, 5.74) is 5.76. The molecule has 2 heteroatoms. The SMILES string of the molecule is NCC12CC(C1)[C@H](F)C2. The fourth-order valence-electron chi connectivity index (χ4n) is 2.31. The molecule has 2 bridgehead atoms. The van der Waals surface area contributed by atoms with E-state index in [-0.39, 0.29) is 5.41 Å². The van der Waals surface area contributed by atoms with Crippen LogP contribution in [0.15, 0.2) is 0 Å². The van der Waals surface area contributed by atoms with Crippen molar-refractivity contribution >= 4 is 0 Å². The van der Waals surface area contributed by atoms with Crippen LogP contribution in [-0.2, 0) is 0 Å². The molecule has 0 aromatic heterocycles. The molecule has 0 heterocycles. The van der Waals surface area contributed by atoms with Gasteiger partial charge in [-0.25, -0.2) is 4.39 Å². The lowest BCUT2D eigenvalue weighted by Crippen LogP contribution is -2.35. The third-order valence-corrected chi connectivity index (χ3v) is 2.96. The molecule has 0 unspecified atom stereocenters. The molecule has 1 nitrogen and oxygen atoms in total. The van der Waals surface area contributed by atoms with Crippen LogP contribution in [0.25, 0.3) is 0 Å². The molecule has 0 spiro atoms. The van der Waals surface area contributed by atoms with Crippen molar-refractivity contribution in [2.45, 2.75) is 25.4 Å². The van der Waals surface area contributed by atoms with Crippen LogP contribution >= 0.6 is 0 Å². The fraction of sp³-hybridized carbons (Fsp3) is 1.00. The maximum atomic E-state index is 12.7. The Morgan fingerprint density at radius 1 is 1.44 bits per heavy atom. The Balaban J connectivity index is 2.09. The highest BCUT2D eigenvalue weighted by Crippen LogP contribution is 2.59. The number of halogens is 1. The van der Waals surface area contributed by atoms with E-state index in [0.29, 0.717) is 12.5 Å². The predicted octanol–water partition coefficient (Wildman–Crippen LogP) is 1.08. The van der Waals surface area contributed by atoms with E-state index in [1.165, 1.54) is 0 Å². The van der Waals surface area contributed by atoms with Crippen LogP contribution in [-0.4, -0.2) is 12.7 Å². The summed E-state index contributed by atoms with van der Waals surface area (Å²) in [7, 11) is 0. The first-order chi connectivity index (χ1) is 4.26. The Morgan fingerprint density at radius 2 is 2.11 bits per heavy atom. The molecular weight excluding hydrogens is 117 g/mol. The Hall–Kier alpha value is -0.110. The van der Waals surface area contributed by atoms with Gasteiger partial charge in [-0.2, -0.15) is 0 Å². The second-order valence-electron chi connectivity index (χ2n) is 3.59. The van der Waals surface area contributed by atoms with E-state index in [1.807, 2.05) is 0 Å². The summed E-state index contributed by atoms with van der Waals surface area (Å²) < 4.78 is 12.7. The number of nitrogens with two attached hydrogens (primary N) is 1. The zero-order chi connectivity index (χ0) is 6.48. The van der Waals surface area contributed by atoms with Crippen LogP contribution in [0.4, 0.5) is 4.39 Å². The highest BCUT2D eigenvalue weighted by atomic mass is 19.1. The lowest BCUT2D eigenvalue weighted by Gasteiger charge is -2.36. The van der Waals surface area contributed by atoms with Crippen LogP contribution in [0.1, 0.15) is 19.3 Å².